The van der Waals surface area contributed by atoms with Crippen LogP contribution >= 0.6 is 11.3 Å². The minimum absolute atomic E-state index is 0.344. The fraction of sp³-hybridized carbons (Fsp3) is 0.308. The maximum Gasteiger partial charge on any atom is 0.126 e. The van der Waals surface area contributed by atoms with Gasteiger partial charge in [-0.1, -0.05) is 19.4 Å². The summed E-state index contributed by atoms with van der Waals surface area (Å²) in [6.45, 7) is 2.19. The van der Waals surface area contributed by atoms with Gasteiger partial charge < -0.3 is 11.1 Å². The lowest BCUT2D eigenvalue weighted by atomic mass is 10.1. The highest BCUT2D eigenvalue weighted by Gasteiger charge is 2.11. The molecule has 3 nitrogen and oxygen atoms in total. The molecule has 2 rings (SSSR count). The second-order valence-corrected chi connectivity index (χ2v) is 4.96. The molecule has 0 aliphatic heterocycles. The first kappa shape index (κ1) is 11.9. The lowest BCUT2D eigenvalue weighted by molar-refractivity contribution is 0.685. The van der Waals surface area contributed by atoms with Gasteiger partial charge in [0.15, 0.2) is 0 Å². The van der Waals surface area contributed by atoms with Crippen LogP contribution in [0.3, 0.4) is 0 Å². The zero-order valence-electron chi connectivity index (χ0n) is 9.89. The van der Waals surface area contributed by atoms with E-state index in [1.165, 1.54) is 4.88 Å². The van der Waals surface area contributed by atoms with Crippen molar-refractivity contribution in [2.24, 2.45) is 0 Å². The summed E-state index contributed by atoms with van der Waals surface area (Å²) >= 11 is 1.78. The average molecular weight is 247 g/mol. The molecule has 2 aromatic heterocycles. The van der Waals surface area contributed by atoms with Crippen molar-refractivity contribution < 1.29 is 0 Å². The zero-order chi connectivity index (χ0) is 12.1. The van der Waals surface area contributed by atoms with Gasteiger partial charge in [0.2, 0.25) is 0 Å². The summed E-state index contributed by atoms with van der Waals surface area (Å²) in [5, 5.41) is 5.56. The quantitative estimate of drug-likeness (QED) is 0.847. The fourth-order valence-corrected chi connectivity index (χ4v) is 2.55. The van der Waals surface area contributed by atoms with Crippen LogP contribution in [0, 0.1) is 0 Å². The van der Waals surface area contributed by atoms with E-state index in [0.29, 0.717) is 11.7 Å². The van der Waals surface area contributed by atoms with Gasteiger partial charge in [0.05, 0.1) is 17.9 Å². The Hall–Kier alpha value is -1.55. The van der Waals surface area contributed by atoms with Gasteiger partial charge in [0.1, 0.15) is 5.82 Å². The molecule has 0 aliphatic rings. The molecular formula is C13H17N3S. The number of thiophene rings is 1. The summed E-state index contributed by atoms with van der Waals surface area (Å²) in [6.07, 6.45) is 3.93. The summed E-state index contributed by atoms with van der Waals surface area (Å²) in [5.41, 5.74) is 6.32. The number of hydrogen-bond donors (Lipinski definition) is 2. The van der Waals surface area contributed by atoms with Crippen molar-refractivity contribution in [1.29, 1.82) is 0 Å². The van der Waals surface area contributed by atoms with Crippen LogP contribution in [-0.4, -0.2) is 4.98 Å². The maximum absolute atomic E-state index is 5.62. The van der Waals surface area contributed by atoms with E-state index in [1.807, 2.05) is 12.1 Å². The molecule has 0 saturated carbocycles. The molecule has 0 radical (unpaired) electrons. The highest BCUT2D eigenvalue weighted by atomic mass is 32.1. The molecule has 0 bridgehead atoms. The highest BCUT2D eigenvalue weighted by Crippen LogP contribution is 2.26. The molecule has 0 aromatic carbocycles. The van der Waals surface area contributed by atoms with Crippen molar-refractivity contribution in [3.8, 4) is 0 Å². The van der Waals surface area contributed by atoms with Gasteiger partial charge >= 0.3 is 0 Å². The summed E-state index contributed by atoms with van der Waals surface area (Å²) in [7, 11) is 0. The van der Waals surface area contributed by atoms with Crippen LogP contribution in [-0.2, 0) is 0 Å². The van der Waals surface area contributed by atoms with E-state index in [9.17, 15) is 0 Å². The highest BCUT2D eigenvalue weighted by molar-refractivity contribution is 7.10. The minimum Gasteiger partial charge on any atom is -0.397 e. The molecule has 1 atom stereocenters. The first-order valence-electron chi connectivity index (χ1n) is 5.81. The topological polar surface area (TPSA) is 50.9 Å². The van der Waals surface area contributed by atoms with Crippen LogP contribution in [0.1, 0.15) is 30.7 Å². The van der Waals surface area contributed by atoms with E-state index in [4.69, 9.17) is 5.73 Å². The fourth-order valence-electron chi connectivity index (χ4n) is 1.73. The van der Waals surface area contributed by atoms with Crippen molar-refractivity contribution in [3.05, 3.63) is 40.7 Å². The number of rotatable bonds is 5. The largest absolute Gasteiger partial charge is 0.397 e. The molecular weight excluding hydrogens is 230 g/mol. The Morgan fingerprint density at radius 2 is 2.29 bits per heavy atom. The standard InChI is InChI=1S/C13H17N3S/c1-2-4-11(12-5-3-8-17-12)16-13-7-6-10(14)9-15-13/h3,5-9,11H,2,4,14H2,1H3,(H,15,16). The first-order valence-corrected chi connectivity index (χ1v) is 6.69. The second-order valence-electron chi connectivity index (χ2n) is 3.98. The first-order chi connectivity index (χ1) is 8.29. The Morgan fingerprint density at radius 3 is 2.88 bits per heavy atom. The number of nitrogen functional groups attached to an aromatic ring is 1. The molecule has 4 heteroatoms. The number of anilines is 2. The molecule has 0 amide bonds. The van der Waals surface area contributed by atoms with E-state index in [2.05, 4.69) is 34.7 Å². The Morgan fingerprint density at radius 1 is 1.41 bits per heavy atom. The lowest BCUT2D eigenvalue weighted by Gasteiger charge is -2.17. The van der Waals surface area contributed by atoms with Gasteiger partial charge in [-0.3, -0.25) is 0 Å². The van der Waals surface area contributed by atoms with Crippen LogP contribution in [0.4, 0.5) is 11.5 Å². The van der Waals surface area contributed by atoms with Crippen molar-refractivity contribution in [2.45, 2.75) is 25.8 Å². The molecule has 1 unspecified atom stereocenters. The third kappa shape index (κ3) is 3.20. The minimum atomic E-state index is 0.344. The third-order valence-electron chi connectivity index (χ3n) is 2.57. The molecule has 3 N–H and O–H groups in total. The molecule has 0 spiro atoms. The summed E-state index contributed by atoms with van der Waals surface area (Å²) in [4.78, 5) is 5.63. The van der Waals surface area contributed by atoms with Crippen LogP contribution in [0.25, 0.3) is 0 Å². The Balaban J connectivity index is 2.10. The van der Waals surface area contributed by atoms with E-state index in [-0.39, 0.29) is 0 Å². The molecule has 17 heavy (non-hydrogen) atoms. The average Bonchev–Trinajstić information content (AvgIpc) is 2.85. The SMILES string of the molecule is CCCC(Nc1ccc(N)cn1)c1cccs1. The van der Waals surface area contributed by atoms with Crippen LogP contribution < -0.4 is 11.1 Å². The van der Waals surface area contributed by atoms with Crippen molar-refractivity contribution >= 4 is 22.8 Å². The summed E-state index contributed by atoms with van der Waals surface area (Å²) in [6, 6.07) is 8.38. The van der Waals surface area contributed by atoms with Gasteiger partial charge in [-0.2, -0.15) is 0 Å². The number of nitrogens with one attached hydrogen (secondary N) is 1. The normalized spacial score (nSPS) is 12.3. The Kier molecular flexibility index (Phi) is 3.98. The Bertz CT molecular complexity index is 436. The molecule has 90 valence electrons. The van der Waals surface area contributed by atoms with E-state index in [1.54, 1.807) is 17.5 Å². The lowest BCUT2D eigenvalue weighted by Crippen LogP contribution is -2.10. The second kappa shape index (κ2) is 5.68. The summed E-state index contributed by atoms with van der Waals surface area (Å²) < 4.78 is 0. The third-order valence-corrected chi connectivity index (χ3v) is 3.56. The molecule has 2 aromatic rings. The van der Waals surface area contributed by atoms with Crippen molar-refractivity contribution in [3.63, 3.8) is 0 Å². The van der Waals surface area contributed by atoms with Crippen LogP contribution in [0.15, 0.2) is 35.8 Å². The van der Waals surface area contributed by atoms with E-state index in [0.717, 1.165) is 18.7 Å². The number of nitrogens with zero attached hydrogens (tertiary/aromatic N) is 1. The van der Waals surface area contributed by atoms with Gasteiger partial charge in [-0.15, -0.1) is 11.3 Å². The number of nitrogens with two attached hydrogens (primary N) is 1. The summed E-state index contributed by atoms with van der Waals surface area (Å²) in [5.74, 6) is 0.881. The molecule has 2 heterocycles. The maximum atomic E-state index is 5.62. The number of aromatic nitrogens is 1. The van der Waals surface area contributed by atoms with E-state index >= 15 is 0 Å². The van der Waals surface area contributed by atoms with Crippen LogP contribution in [0.5, 0.6) is 0 Å². The van der Waals surface area contributed by atoms with Gasteiger partial charge in [0.25, 0.3) is 0 Å². The predicted molar refractivity (Wildman–Crippen MR) is 74.2 cm³/mol. The predicted octanol–water partition coefficient (Wildman–Crippen LogP) is 3.68. The number of pyridine rings is 1. The smallest absolute Gasteiger partial charge is 0.126 e. The van der Waals surface area contributed by atoms with Crippen molar-refractivity contribution in [1.82, 2.24) is 4.98 Å². The van der Waals surface area contributed by atoms with Gasteiger partial charge in [-0.05, 0) is 30.0 Å². The number of hydrogen-bond acceptors (Lipinski definition) is 4. The van der Waals surface area contributed by atoms with Crippen molar-refractivity contribution in [2.75, 3.05) is 11.1 Å². The Labute approximate surface area is 106 Å². The zero-order valence-corrected chi connectivity index (χ0v) is 10.7. The monoisotopic (exact) mass is 247 g/mol. The van der Waals surface area contributed by atoms with E-state index < -0.39 is 0 Å². The molecule has 0 aliphatic carbocycles. The van der Waals surface area contributed by atoms with Crippen LogP contribution in [0.2, 0.25) is 0 Å². The van der Waals surface area contributed by atoms with Gasteiger partial charge in [0, 0.05) is 4.88 Å². The van der Waals surface area contributed by atoms with Gasteiger partial charge in [-0.25, -0.2) is 4.98 Å². The molecule has 0 fully saturated rings. The molecule has 0 saturated heterocycles.